The Bertz CT molecular complexity index is 606. The highest BCUT2D eigenvalue weighted by molar-refractivity contribution is 6.25. The van der Waals surface area contributed by atoms with Crippen LogP contribution in [0.25, 0.3) is 11.3 Å². The van der Waals surface area contributed by atoms with Crippen molar-refractivity contribution in [2.75, 3.05) is 0 Å². The number of benzene rings is 1. The van der Waals surface area contributed by atoms with Crippen molar-refractivity contribution in [3.8, 4) is 0 Å². The smallest absolute Gasteiger partial charge is 0.188 e. The fourth-order valence-corrected chi connectivity index (χ4v) is 2.18. The molecule has 3 heteroatoms. The first-order chi connectivity index (χ1) is 7.83. The molecule has 0 unspecified atom stereocenters. The third-order valence-corrected chi connectivity index (χ3v) is 2.85. The summed E-state index contributed by atoms with van der Waals surface area (Å²) < 4.78 is 0. The average Bonchev–Trinajstić information content (AvgIpc) is 2.65. The third-order valence-electron chi connectivity index (χ3n) is 2.85. The molecule has 2 aliphatic carbocycles. The van der Waals surface area contributed by atoms with Gasteiger partial charge in [-0.3, -0.25) is 4.79 Å². The highest BCUT2D eigenvalue weighted by atomic mass is 16.1. The van der Waals surface area contributed by atoms with E-state index in [1.165, 1.54) is 6.08 Å². The lowest BCUT2D eigenvalue weighted by atomic mass is 9.96. The monoisotopic (exact) mass is 208 g/mol. The minimum absolute atomic E-state index is 0.0697. The predicted molar refractivity (Wildman–Crippen MR) is 60.6 cm³/mol. The highest BCUT2D eigenvalue weighted by Gasteiger charge is 2.30. The molecule has 3 rings (SSSR count). The van der Waals surface area contributed by atoms with Gasteiger partial charge in [-0.15, -0.1) is 0 Å². The SMILES string of the molecule is N=NC1=C2C(=O)C=CC=C2c2ccccc21. The van der Waals surface area contributed by atoms with E-state index in [0.717, 1.165) is 16.7 Å². The van der Waals surface area contributed by atoms with Crippen molar-refractivity contribution in [3.63, 3.8) is 0 Å². The van der Waals surface area contributed by atoms with E-state index in [2.05, 4.69) is 5.11 Å². The zero-order chi connectivity index (χ0) is 11.1. The van der Waals surface area contributed by atoms with Crippen molar-refractivity contribution in [1.29, 1.82) is 5.53 Å². The molecule has 1 aromatic rings. The maximum absolute atomic E-state index is 11.8. The van der Waals surface area contributed by atoms with Gasteiger partial charge in [-0.05, 0) is 17.2 Å². The number of nitrogens with zero attached hydrogens (tertiary/aromatic N) is 1. The van der Waals surface area contributed by atoms with Crippen molar-refractivity contribution in [2.45, 2.75) is 0 Å². The number of fused-ring (bicyclic) bond motifs is 3. The Kier molecular flexibility index (Phi) is 1.74. The molecular weight excluding hydrogens is 200 g/mol. The van der Waals surface area contributed by atoms with Gasteiger partial charge in [-0.25, -0.2) is 5.53 Å². The second kappa shape index (κ2) is 3.10. The van der Waals surface area contributed by atoms with E-state index in [0.29, 0.717) is 11.3 Å². The van der Waals surface area contributed by atoms with Crippen LogP contribution in [0.2, 0.25) is 0 Å². The van der Waals surface area contributed by atoms with Crippen molar-refractivity contribution >= 4 is 17.1 Å². The van der Waals surface area contributed by atoms with Crippen LogP contribution >= 0.6 is 0 Å². The molecule has 3 nitrogen and oxygen atoms in total. The zero-order valence-electron chi connectivity index (χ0n) is 8.40. The molecule has 0 saturated carbocycles. The molecule has 1 N–H and O–H groups in total. The Morgan fingerprint density at radius 3 is 2.62 bits per heavy atom. The minimum atomic E-state index is -0.0697. The molecule has 1 aromatic carbocycles. The molecule has 0 spiro atoms. The number of hydrogen-bond donors (Lipinski definition) is 1. The van der Waals surface area contributed by atoms with E-state index in [4.69, 9.17) is 5.53 Å². The van der Waals surface area contributed by atoms with Crippen LogP contribution in [0, 0.1) is 5.53 Å². The van der Waals surface area contributed by atoms with Crippen LogP contribution in [0.15, 0.2) is 53.2 Å². The number of carbonyl (C=O) groups is 1. The normalized spacial score (nSPS) is 17.0. The highest BCUT2D eigenvalue weighted by Crippen LogP contribution is 2.43. The Balaban J connectivity index is 2.38. The fourth-order valence-electron chi connectivity index (χ4n) is 2.18. The summed E-state index contributed by atoms with van der Waals surface area (Å²) in [4.78, 5) is 11.8. The first-order valence-electron chi connectivity index (χ1n) is 4.97. The second-order valence-corrected chi connectivity index (χ2v) is 3.68. The van der Waals surface area contributed by atoms with Gasteiger partial charge >= 0.3 is 0 Å². The lowest BCUT2D eigenvalue weighted by molar-refractivity contribution is -0.110. The zero-order valence-corrected chi connectivity index (χ0v) is 8.40. The van der Waals surface area contributed by atoms with Crippen LogP contribution in [-0.4, -0.2) is 5.78 Å². The lowest BCUT2D eigenvalue weighted by Gasteiger charge is -2.06. The molecule has 0 aromatic heterocycles. The molecule has 76 valence electrons. The minimum Gasteiger partial charge on any atom is -0.289 e. The van der Waals surface area contributed by atoms with E-state index in [1.54, 1.807) is 6.08 Å². The van der Waals surface area contributed by atoms with Crippen LogP contribution in [0.1, 0.15) is 11.1 Å². The first kappa shape index (κ1) is 8.97. The summed E-state index contributed by atoms with van der Waals surface area (Å²) in [6.45, 7) is 0. The van der Waals surface area contributed by atoms with E-state index < -0.39 is 0 Å². The predicted octanol–water partition coefficient (Wildman–Crippen LogP) is 2.96. The number of ketones is 1. The van der Waals surface area contributed by atoms with Crippen LogP contribution in [-0.2, 0) is 4.79 Å². The third kappa shape index (κ3) is 0.997. The Hall–Kier alpha value is -2.29. The van der Waals surface area contributed by atoms with Crippen LogP contribution in [0.4, 0.5) is 0 Å². The van der Waals surface area contributed by atoms with Gasteiger partial charge in [0.05, 0.1) is 5.57 Å². The van der Waals surface area contributed by atoms with Gasteiger partial charge in [-0.1, -0.05) is 36.4 Å². The van der Waals surface area contributed by atoms with E-state index in [1.807, 2.05) is 30.3 Å². The molecule has 0 atom stereocenters. The van der Waals surface area contributed by atoms with Crippen molar-refractivity contribution in [1.82, 2.24) is 0 Å². The Morgan fingerprint density at radius 1 is 1.12 bits per heavy atom. The van der Waals surface area contributed by atoms with Crippen LogP contribution in [0.3, 0.4) is 0 Å². The molecule has 0 bridgehead atoms. The number of rotatable bonds is 1. The summed E-state index contributed by atoms with van der Waals surface area (Å²) in [6.07, 6.45) is 5.15. The maximum Gasteiger partial charge on any atom is 0.188 e. The first-order valence-corrected chi connectivity index (χ1v) is 4.97. The number of allylic oxidation sites excluding steroid dienone is 5. The molecule has 16 heavy (non-hydrogen) atoms. The van der Waals surface area contributed by atoms with Gasteiger partial charge < -0.3 is 0 Å². The number of hydrogen-bond acceptors (Lipinski definition) is 3. The largest absolute Gasteiger partial charge is 0.289 e. The fraction of sp³-hybridized carbons (Fsp3) is 0. The Labute approximate surface area is 92.3 Å². The van der Waals surface area contributed by atoms with Crippen molar-refractivity contribution in [2.24, 2.45) is 5.11 Å². The molecule has 2 aliphatic rings. The summed E-state index contributed by atoms with van der Waals surface area (Å²) in [5, 5.41) is 3.50. The summed E-state index contributed by atoms with van der Waals surface area (Å²) in [5.41, 5.74) is 11.0. The number of carbonyl (C=O) groups excluding carboxylic acids is 1. The van der Waals surface area contributed by atoms with Crippen molar-refractivity contribution in [3.05, 3.63) is 59.2 Å². The molecule has 0 heterocycles. The van der Waals surface area contributed by atoms with Crippen molar-refractivity contribution < 1.29 is 4.79 Å². The summed E-state index contributed by atoms with van der Waals surface area (Å²) in [6, 6.07) is 7.65. The molecule has 0 radical (unpaired) electrons. The second-order valence-electron chi connectivity index (χ2n) is 3.68. The lowest BCUT2D eigenvalue weighted by Crippen LogP contribution is -2.02. The van der Waals surface area contributed by atoms with Gasteiger partial charge in [0, 0.05) is 5.56 Å². The molecule has 0 aliphatic heterocycles. The van der Waals surface area contributed by atoms with E-state index in [9.17, 15) is 4.79 Å². The van der Waals surface area contributed by atoms with Gasteiger partial charge in [0.1, 0.15) is 5.70 Å². The van der Waals surface area contributed by atoms with Crippen LogP contribution in [0.5, 0.6) is 0 Å². The van der Waals surface area contributed by atoms with Gasteiger partial charge in [-0.2, -0.15) is 5.11 Å². The molecular formula is C13H8N2O. The van der Waals surface area contributed by atoms with Gasteiger partial charge in [0.15, 0.2) is 5.78 Å². The standard InChI is InChI=1S/C13H8N2O/c14-15-13-10-5-2-1-4-8(10)9-6-3-7-11(16)12(9)13/h1-7,14H. The number of nitrogens with one attached hydrogen (secondary N) is 1. The molecule has 0 fully saturated rings. The summed E-state index contributed by atoms with van der Waals surface area (Å²) >= 11 is 0. The van der Waals surface area contributed by atoms with Gasteiger partial charge in [0.2, 0.25) is 0 Å². The Morgan fingerprint density at radius 2 is 1.88 bits per heavy atom. The molecule has 0 amide bonds. The quantitative estimate of drug-likeness (QED) is 0.708. The molecule has 0 saturated heterocycles. The van der Waals surface area contributed by atoms with Gasteiger partial charge in [0.25, 0.3) is 0 Å². The maximum atomic E-state index is 11.8. The summed E-state index contributed by atoms with van der Waals surface area (Å²) in [5.74, 6) is -0.0697. The summed E-state index contributed by atoms with van der Waals surface area (Å²) in [7, 11) is 0. The van der Waals surface area contributed by atoms with E-state index >= 15 is 0 Å². The van der Waals surface area contributed by atoms with Crippen LogP contribution < -0.4 is 0 Å². The topological polar surface area (TPSA) is 53.3 Å². The van der Waals surface area contributed by atoms with E-state index in [-0.39, 0.29) is 5.78 Å². The average molecular weight is 208 g/mol.